The van der Waals surface area contributed by atoms with E-state index in [-0.39, 0.29) is 12.2 Å². The highest BCUT2D eigenvalue weighted by Crippen LogP contribution is 2.35. The SMILES string of the molecule is CCOC(=O)c1cc(C#N)c(C(F)(F)F)cc1Cl. The molecular formula is C11H7ClF3NO2. The van der Waals surface area contributed by atoms with Gasteiger partial charge in [-0.1, -0.05) is 11.6 Å². The van der Waals surface area contributed by atoms with E-state index in [1.54, 1.807) is 6.92 Å². The van der Waals surface area contributed by atoms with Crippen LogP contribution in [0.3, 0.4) is 0 Å². The van der Waals surface area contributed by atoms with E-state index in [1.165, 1.54) is 6.07 Å². The predicted octanol–water partition coefficient (Wildman–Crippen LogP) is 3.41. The average molecular weight is 278 g/mol. The molecule has 0 aliphatic rings. The molecule has 1 aromatic rings. The number of hydrogen-bond acceptors (Lipinski definition) is 3. The summed E-state index contributed by atoms with van der Waals surface area (Å²) < 4.78 is 42.3. The van der Waals surface area contributed by atoms with Crippen molar-refractivity contribution < 1.29 is 22.7 Å². The first-order chi connectivity index (χ1) is 8.31. The number of esters is 1. The zero-order valence-electron chi connectivity index (χ0n) is 9.14. The topological polar surface area (TPSA) is 50.1 Å². The summed E-state index contributed by atoms with van der Waals surface area (Å²) in [5, 5.41) is 8.26. The molecule has 0 aliphatic carbocycles. The molecule has 3 nitrogen and oxygen atoms in total. The summed E-state index contributed by atoms with van der Waals surface area (Å²) in [5.74, 6) is -0.868. The van der Waals surface area contributed by atoms with Gasteiger partial charge in [0.1, 0.15) is 0 Å². The van der Waals surface area contributed by atoms with Gasteiger partial charge in [0.05, 0.1) is 34.4 Å². The summed E-state index contributed by atoms with van der Waals surface area (Å²) >= 11 is 5.58. The van der Waals surface area contributed by atoms with Crippen LogP contribution in [-0.2, 0) is 10.9 Å². The lowest BCUT2D eigenvalue weighted by Crippen LogP contribution is -2.11. The number of ether oxygens (including phenoxy) is 1. The van der Waals surface area contributed by atoms with Crippen LogP contribution in [0.1, 0.15) is 28.4 Å². The Kier molecular flexibility index (Phi) is 4.19. The number of carbonyl (C=O) groups is 1. The van der Waals surface area contributed by atoms with Gasteiger partial charge in [-0.2, -0.15) is 18.4 Å². The fraction of sp³-hybridized carbons (Fsp3) is 0.273. The van der Waals surface area contributed by atoms with Gasteiger partial charge in [0, 0.05) is 0 Å². The van der Waals surface area contributed by atoms with Crippen molar-refractivity contribution in [2.75, 3.05) is 6.61 Å². The smallest absolute Gasteiger partial charge is 0.417 e. The number of hydrogen-bond donors (Lipinski definition) is 0. The normalized spacial score (nSPS) is 10.9. The maximum Gasteiger partial charge on any atom is 0.417 e. The van der Waals surface area contributed by atoms with Gasteiger partial charge in [-0.05, 0) is 19.1 Å². The summed E-state index contributed by atoms with van der Waals surface area (Å²) in [6, 6.07) is 2.71. The molecule has 0 spiro atoms. The number of rotatable bonds is 2. The largest absolute Gasteiger partial charge is 0.462 e. The quantitative estimate of drug-likeness (QED) is 0.778. The Bertz CT molecular complexity index is 520. The Hall–Kier alpha value is -1.74. The molecule has 0 N–H and O–H groups in total. The molecule has 1 aromatic carbocycles. The summed E-state index contributed by atoms with van der Waals surface area (Å²) in [6.45, 7) is 1.60. The molecule has 0 heterocycles. The van der Waals surface area contributed by atoms with Gasteiger partial charge in [-0.3, -0.25) is 0 Å². The van der Waals surface area contributed by atoms with Gasteiger partial charge in [-0.25, -0.2) is 4.79 Å². The molecule has 0 atom stereocenters. The monoisotopic (exact) mass is 277 g/mol. The van der Waals surface area contributed by atoms with E-state index in [4.69, 9.17) is 16.9 Å². The van der Waals surface area contributed by atoms with Gasteiger partial charge >= 0.3 is 12.1 Å². The Morgan fingerprint density at radius 1 is 1.50 bits per heavy atom. The predicted molar refractivity (Wildman–Crippen MR) is 57.1 cm³/mol. The Morgan fingerprint density at radius 2 is 2.11 bits per heavy atom. The zero-order valence-corrected chi connectivity index (χ0v) is 9.89. The van der Waals surface area contributed by atoms with Crippen LogP contribution >= 0.6 is 11.6 Å². The van der Waals surface area contributed by atoms with E-state index in [0.29, 0.717) is 6.07 Å². The van der Waals surface area contributed by atoms with Crippen molar-refractivity contribution in [2.45, 2.75) is 13.1 Å². The first-order valence-corrected chi connectivity index (χ1v) is 5.17. The van der Waals surface area contributed by atoms with Crippen LogP contribution in [0.2, 0.25) is 5.02 Å². The maximum atomic E-state index is 12.6. The summed E-state index contributed by atoms with van der Waals surface area (Å²) in [5.41, 5.74) is -2.11. The van der Waals surface area contributed by atoms with E-state index < -0.39 is 28.3 Å². The van der Waals surface area contributed by atoms with E-state index in [0.717, 1.165) is 6.07 Å². The number of nitriles is 1. The van der Waals surface area contributed by atoms with Gasteiger partial charge in [0.2, 0.25) is 0 Å². The summed E-state index contributed by atoms with van der Waals surface area (Å²) in [7, 11) is 0. The van der Waals surface area contributed by atoms with Crippen LogP contribution in [0.15, 0.2) is 12.1 Å². The third kappa shape index (κ3) is 2.93. The number of halogens is 4. The third-order valence-electron chi connectivity index (χ3n) is 2.03. The molecule has 1 rings (SSSR count). The van der Waals surface area contributed by atoms with Crippen molar-refractivity contribution in [2.24, 2.45) is 0 Å². The molecular weight excluding hydrogens is 271 g/mol. The second-order valence-corrected chi connectivity index (χ2v) is 3.61. The third-order valence-corrected chi connectivity index (χ3v) is 2.34. The second kappa shape index (κ2) is 5.27. The molecule has 0 unspecified atom stereocenters. The van der Waals surface area contributed by atoms with Crippen LogP contribution in [0.5, 0.6) is 0 Å². The van der Waals surface area contributed by atoms with E-state index >= 15 is 0 Å². The molecule has 0 amide bonds. The highest BCUT2D eigenvalue weighted by molar-refractivity contribution is 6.33. The lowest BCUT2D eigenvalue weighted by Gasteiger charge is -2.11. The Morgan fingerprint density at radius 3 is 2.56 bits per heavy atom. The second-order valence-electron chi connectivity index (χ2n) is 3.21. The minimum absolute atomic E-state index is 0.0536. The van der Waals surface area contributed by atoms with Gasteiger partial charge in [-0.15, -0.1) is 0 Å². The van der Waals surface area contributed by atoms with Crippen LogP contribution in [0, 0.1) is 11.3 Å². The molecule has 0 saturated heterocycles. The van der Waals surface area contributed by atoms with Crippen LogP contribution in [-0.4, -0.2) is 12.6 Å². The van der Waals surface area contributed by atoms with Gasteiger partial charge < -0.3 is 4.74 Å². The lowest BCUT2D eigenvalue weighted by molar-refractivity contribution is -0.137. The molecule has 0 radical (unpaired) electrons. The Balaban J connectivity index is 3.37. The molecule has 7 heteroatoms. The highest BCUT2D eigenvalue weighted by Gasteiger charge is 2.35. The first kappa shape index (κ1) is 14.3. The summed E-state index contributed by atoms with van der Waals surface area (Å²) in [4.78, 5) is 11.4. The minimum atomic E-state index is -4.71. The lowest BCUT2D eigenvalue weighted by atomic mass is 10.0. The Labute approximate surface area is 106 Å². The number of benzene rings is 1. The molecule has 96 valence electrons. The van der Waals surface area contributed by atoms with Crippen LogP contribution in [0.25, 0.3) is 0 Å². The number of nitrogens with zero attached hydrogens (tertiary/aromatic N) is 1. The van der Waals surface area contributed by atoms with Crippen molar-refractivity contribution >= 4 is 17.6 Å². The van der Waals surface area contributed by atoms with Crippen LogP contribution < -0.4 is 0 Å². The summed E-state index contributed by atoms with van der Waals surface area (Å²) in [6.07, 6.45) is -4.71. The van der Waals surface area contributed by atoms with Crippen molar-refractivity contribution in [3.8, 4) is 6.07 Å². The molecule has 18 heavy (non-hydrogen) atoms. The fourth-order valence-electron chi connectivity index (χ4n) is 1.27. The van der Waals surface area contributed by atoms with Crippen molar-refractivity contribution in [1.29, 1.82) is 5.26 Å². The molecule has 0 fully saturated rings. The van der Waals surface area contributed by atoms with Gasteiger partial charge in [0.15, 0.2) is 0 Å². The molecule has 0 saturated carbocycles. The zero-order chi connectivity index (χ0) is 13.9. The van der Waals surface area contributed by atoms with E-state index in [2.05, 4.69) is 4.74 Å². The number of alkyl halides is 3. The van der Waals surface area contributed by atoms with Crippen molar-refractivity contribution in [3.05, 3.63) is 33.8 Å². The minimum Gasteiger partial charge on any atom is -0.462 e. The standard InChI is InChI=1S/C11H7ClF3NO2/c1-2-18-10(17)7-3-6(5-16)8(4-9(7)12)11(13,14)15/h3-4H,2H2,1H3. The molecule has 0 aromatic heterocycles. The maximum absolute atomic E-state index is 12.6. The van der Waals surface area contributed by atoms with Crippen LogP contribution in [0.4, 0.5) is 13.2 Å². The average Bonchev–Trinajstić information content (AvgIpc) is 2.27. The van der Waals surface area contributed by atoms with Gasteiger partial charge in [0.25, 0.3) is 0 Å². The molecule has 0 aliphatic heterocycles. The van der Waals surface area contributed by atoms with Crippen molar-refractivity contribution in [3.63, 3.8) is 0 Å². The highest BCUT2D eigenvalue weighted by atomic mass is 35.5. The van der Waals surface area contributed by atoms with E-state index in [1.807, 2.05) is 0 Å². The van der Waals surface area contributed by atoms with E-state index in [9.17, 15) is 18.0 Å². The van der Waals surface area contributed by atoms with Crippen molar-refractivity contribution in [1.82, 2.24) is 0 Å². The fourth-order valence-corrected chi connectivity index (χ4v) is 1.51. The number of carbonyl (C=O) groups excluding carboxylic acids is 1. The first-order valence-electron chi connectivity index (χ1n) is 4.79. The molecule has 0 bridgehead atoms.